The molecule has 0 aliphatic heterocycles. The minimum absolute atomic E-state index is 0.189. The summed E-state index contributed by atoms with van der Waals surface area (Å²) in [4.78, 5) is 20.0. The van der Waals surface area contributed by atoms with Crippen molar-refractivity contribution in [3.8, 4) is 0 Å². The monoisotopic (exact) mass is 357 g/mol. The summed E-state index contributed by atoms with van der Waals surface area (Å²) >= 11 is 0. The lowest BCUT2D eigenvalue weighted by atomic mass is 9.49. The van der Waals surface area contributed by atoms with E-state index in [1.165, 1.54) is 50.8 Å². The number of hydrazine groups is 1. The molecule has 1 aromatic heterocycles. The van der Waals surface area contributed by atoms with E-state index in [2.05, 4.69) is 26.1 Å². The lowest BCUT2D eigenvalue weighted by molar-refractivity contribution is -0.0905. The molecule has 3 atom stereocenters. The summed E-state index contributed by atoms with van der Waals surface area (Å²) in [5, 5.41) is 3.93. The second-order valence-corrected chi connectivity index (χ2v) is 8.62. The molecule has 5 fully saturated rings. The highest BCUT2D eigenvalue weighted by atomic mass is 16.5. The number of carbonyl (C=O) groups excluding carboxylic acids is 1. The van der Waals surface area contributed by atoms with E-state index in [1.807, 2.05) is 0 Å². The van der Waals surface area contributed by atoms with Gasteiger partial charge in [-0.3, -0.25) is 10.2 Å². The second kappa shape index (κ2) is 6.55. The second-order valence-electron chi connectivity index (χ2n) is 8.62. The van der Waals surface area contributed by atoms with Gasteiger partial charge in [-0.2, -0.15) is 0 Å². The van der Waals surface area contributed by atoms with Crippen LogP contribution in [0.1, 0.15) is 61.7 Å². The van der Waals surface area contributed by atoms with Gasteiger partial charge in [-0.05, 0) is 57.3 Å². The quantitative estimate of drug-likeness (QED) is 0.638. The zero-order chi connectivity index (χ0) is 17.6. The molecule has 0 radical (unpaired) electrons. The first-order chi connectivity index (χ1) is 12.7. The maximum atomic E-state index is 12.2. The van der Waals surface area contributed by atoms with Gasteiger partial charge in [0.1, 0.15) is 6.33 Å². The summed E-state index contributed by atoms with van der Waals surface area (Å²) in [6.07, 6.45) is 14.7. The van der Waals surface area contributed by atoms with Crippen molar-refractivity contribution < 1.29 is 9.53 Å². The first kappa shape index (κ1) is 16.6. The van der Waals surface area contributed by atoms with Crippen LogP contribution in [0.3, 0.4) is 0 Å². The van der Waals surface area contributed by atoms with Crippen LogP contribution >= 0.6 is 0 Å². The highest BCUT2D eigenvalue weighted by Gasteiger charge is 2.57. The molecular weight excluding hydrogens is 330 g/mol. The van der Waals surface area contributed by atoms with Crippen LogP contribution in [0.5, 0.6) is 0 Å². The Kier molecular flexibility index (Phi) is 4.18. The fourth-order valence-electron chi connectivity index (χ4n) is 4.74. The standard InChI is InChI=1S/C19H27N5O2/c25-18(13-9-20-11-21-10-13)24-23-14-1-4-17(26-15-2-3-15)16(5-14)22-19-6-12(7-19)8-19/h9-12,14-17,22-23H,1-8H2,(H,24,25)/t12?,14-,16-,17-,19?/m1/s1. The van der Waals surface area contributed by atoms with Crippen molar-refractivity contribution >= 4 is 5.91 Å². The number of amides is 1. The molecule has 140 valence electrons. The Labute approximate surface area is 153 Å². The zero-order valence-electron chi connectivity index (χ0n) is 15.0. The Hall–Kier alpha value is -1.57. The lowest BCUT2D eigenvalue weighted by Crippen LogP contribution is -2.71. The van der Waals surface area contributed by atoms with Gasteiger partial charge >= 0.3 is 0 Å². The largest absolute Gasteiger partial charge is 0.373 e. The Balaban J connectivity index is 1.17. The van der Waals surface area contributed by atoms with Gasteiger partial charge in [-0.25, -0.2) is 15.4 Å². The number of rotatable bonds is 7. The van der Waals surface area contributed by atoms with Gasteiger partial charge in [-0.1, -0.05) is 0 Å². The van der Waals surface area contributed by atoms with Gasteiger partial charge in [0.05, 0.1) is 17.8 Å². The summed E-state index contributed by atoms with van der Waals surface area (Å²) in [6.45, 7) is 0. The number of hydrogen-bond donors (Lipinski definition) is 3. The van der Waals surface area contributed by atoms with Crippen LogP contribution in [0, 0.1) is 5.92 Å². The molecule has 1 heterocycles. The van der Waals surface area contributed by atoms with Crippen LogP contribution < -0.4 is 16.2 Å². The van der Waals surface area contributed by atoms with E-state index in [1.54, 1.807) is 0 Å². The minimum Gasteiger partial charge on any atom is -0.373 e. The maximum absolute atomic E-state index is 12.2. The van der Waals surface area contributed by atoms with Gasteiger partial charge in [-0.15, -0.1) is 0 Å². The SMILES string of the molecule is O=C(NN[C@@H]1CC[C@@H](OC2CC2)[C@H](NC23CC(C2)C3)C1)c1cncnc1. The van der Waals surface area contributed by atoms with Gasteiger partial charge in [0.25, 0.3) is 5.91 Å². The molecule has 5 aliphatic rings. The zero-order valence-corrected chi connectivity index (χ0v) is 15.0. The molecule has 3 N–H and O–H groups in total. The average Bonchev–Trinajstić information content (AvgIpc) is 3.41. The first-order valence-corrected chi connectivity index (χ1v) is 9.93. The van der Waals surface area contributed by atoms with Crippen molar-refractivity contribution in [1.82, 2.24) is 26.1 Å². The lowest BCUT2D eigenvalue weighted by Gasteiger charge is -2.64. The molecule has 1 amide bonds. The van der Waals surface area contributed by atoms with Crippen molar-refractivity contribution in [2.24, 2.45) is 5.92 Å². The summed E-state index contributed by atoms with van der Waals surface area (Å²) in [5.74, 6) is 0.779. The maximum Gasteiger partial charge on any atom is 0.268 e. The average molecular weight is 357 g/mol. The number of carbonyl (C=O) groups is 1. The van der Waals surface area contributed by atoms with E-state index < -0.39 is 0 Å². The number of hydrogen-bond acceptors (Lipinski definition) is 6. The van der Waals surface area contributed by atoms with Crippen LogP contribution in [0.15, 0.2) is 18.7 Å². The normalized spacial score (nSPS) is 38.2. The van der Waals surface area contributed by atoms with Gasteiger partial charge in [0.15, 0.2) is 0 Å². The molecule has 7 nitrogen and oxygen atoms in total. The molecule has 0 unspecified atom stereocenters. The predicted octanol–water partition coefficient (Wildman–Crippen LogP) is 1.32. The first-order valence-electron chi connectivity index (χ1n) is 9.93. The van der Waals surface area contributed by atoms with E-state index in [-0.39, 0.29) is 11.9 Å². The van der Waals surface area contributed by atoms with Crippen molar-refractivity contribution in [2.45, 2.75) is 81.2 Å². The number of nitrogens with one attached hydrogen (secondary N) is 3. The number of aromatic nitrogens is 2. The third-order valence-corrected chi connectivity index (χ3v) is 6.42. The van der Waals surface area contributed by atoms with E-state index in [0.717, 1.165) is 25.2 Å². The molecule has 7 heteroatoms. The van der Waals surface area contributed by atoms with Crippen LogP contribution in [-0.4, -0.2) is 45.7 Å². The molecule has 1 aromatic rings. The van der Waals surface area contributed by atoms with Gasteiger partial charge in [0, 0.05) is 30.0 Å². The molecule has 0 aromatic carbocycles. The molecule has 26 heavy (non-hydrogen) atoms. The van der Waals surface area contributed by atoms with E-state index in [0.29, 0.717) is 29.4 Å². The molecule has 5 aliphatic carbocycles. The molecular formula is C19H27N5O2. The Morgan fingerprint density at radius 1 is 1.12 bits per heavy atom. The third-order valence-electron chi connectivity index (χ3n) is 6.42. The van der Waals surface area contributed by atoms with E-state index in [4.69, 9.17) is 4.74 Å². The smallest absolute Gasteiger partial charge is 0.268 e. The Morgan fingerprint density at radius 2 is 1.88 bits per heavy atom. The topological polar surface area (TPSA) is 88.2 Å². The molecule has 0 spiro atoms. The van der Waals surface area contributed by atoms with Crippen molar-refractivity contribution in [3.05, 3.63) is 24.3 Å². The summed E-state index contributed by atoms with van der Waals surface area (Å²) < 4.78 is 6.30. The molecule has 5 saturated carbocycles. The minimum atomic E-state index is -0.189. The summed E-state index contributed by atoms with van der Waals surface area (Å²) in [7, 11) is 0. The highest BCUT2D eigenvalue weighted by molar-refractivity contribution is 5.93. The van der Waals surface area contributed by atoms with Crippen LogP contribution in [0.2, 0.25) is 0 Å². The summed E-state index contributed by atoms with van der Waals surface area (Å²) in [6, 6.07) is 0.632. The van der Waals surface area contributed by atoms with Crippen molar-refractivity contribution in [3.63, 3.8) is 0 Å². The van der Waals surface area contributed by atoms with E-state index >= 15 is 0 Å². The Morgan fingerprint density at radius 3 is 2.54 bits per heavy atom. The van der Waals surface area contributed by atoms with Gasteiger partial charge in [0.2, 0.25) is 0 Å². The fourth-order valence-corrected chi connectivity index (χ4v) is 4.74. The molecule has 0 saturated heterocycles. The van der Waals surface area contributed by atoms with Gasteiger partial charge < -0.3 is 10.1 Å². The van der Waals surface area contributed by atoms with Crippen molar-refractivity contribution in [1.29, 1.82) is 0 Å². The predicted molar refractivity (Wildman–Crippen MR) is 95.2 cm³/mol. The fraction of sp³-hybridized carbons (Fsp3) is 0.737. The molecule has 6 rings (SSSR count). The van der Waals surface area contributed by atoms with Crippen LogP contribution in [0.4, 0.5) is 0 Å². The van der Waals surface area contributed by atoms with Crippen LogP contribution in [0.25, 0.3) is 0 Å². The van der Waals surface area contributed by atoms with E-state index in [9.17, 15) is 4.79 Å². The molecule has 2 bridgehead atoms. The highest BCUT2D eigenvalue weighted by Crippen LogP contribution is 2.57. The number of ether oxygens (including phenoxy) is 1. The van der Waals surface area contributed by atoms with Crippen molar-refractivity contribution in [2.75, 3.05) is 0 Å². The third kappa shape index (κ3) is 3.35. The van der Waals surface area contributed by atoms with Crippen LogP contribution in [-0.2, 0) is 4.74 Å². The Bertz CT molecular complexity index is 648. The summed E-state index contributed by atoms with van der Waals surface area (Å²) in [5.41, 5.74) is 6.91. The number of nitrogens with zero attached hydrogens (tertiary/aromatic N) is 2.